The Morgan fingerprint density at radius 2 is 1.00 bits per heavy atom. The first-order valence-electron chi connectivity index (χ1n) is 9.80. The largest absolute Gasteiger partial charge is 0.370 e. The highest BCUT2D eigenvalue weighted by Gasteiger charge is 2.50. The van der Waals surface area contributed by atoms with Gasteiger partial charge in [-0.15, -0.1) is 0 Å². The molecule has 0 aromatic carbocycles. The van der Waals surface area contributed by atoms with Gasteiger partial charge in [0.15, 0.2) is 0 Å². The molecule has 0 bridgehead atoms. The fourth-order valence-corrected chi connectivity index (χ4v) is 7.42. The predicted molar refractivity (Wildman–Crippen MR) is 104 cm³/mol. The average molecular weight is 378 g/mol. The van der Waals surface area contributed by atoms with E-state index in [4.69, 9.17) is 18.5 Å². The number of hydrogen-bond acceptors (Lipinski definition) is 4. The van der Waals surface area contributed by atoms with Gasteiger partial charge in [-0.05, 0) is 24.6 Å². The van der Waals surface area contributed by atoms with Gasteiger partial charge in [-0.2, -0.15) is 0 Å². The number of rotatable bonds is 12. The Hall–Kier alpha value is 0.700. The van der Waals surface area contributed by atoms with Crippen LogP contribution in [0.5, 0.6) is 0 Å². The molecular formula is C18H36O4P2. The van der Waals surface area contributed by atoms with E-state index in [-0.39, 0.29) is 40.7 Å². The maximum Gasteiger partial charge on any atom is 0.115 e. The predicted octanol–water partition coefficient (Wildman–Crippen LogP) is 4.99. The summed E-state index contributed by atoms with van der Waals surface area (Å²) in [6.07, 6.45) is 9.90. The monoisotopic (exact) mass is 378 g/mol. The third-order valence-corrected chi connectivity index (χ3v) is 9.35. The smallest absolute Gasteiger partial charge is 0.115 e. The molecule has 2 saturated heterocycles. The molecule has 4 atom stereocenters. The van der Waals surface area contributed by atoms with E-state index in [0.29, 0.717) is 13.2 Å². The van der Waals surface area contributed by atoms with Gasteiger partial charge < -0.3 is 18.5 Å². The number of ether oxygens (including phenoxy) is 2. The van der Waals surface area contributed by atoms with Crippen molar-refractivity contribution in [3.63, 3.8) is 0 Å². The first-order chi connectivity index (χ1) is 11.7. The van der Waals surface area contributed by atoms with E-state index in [0.717, 1.165) is 0 Å². The van der Waals surface area contributed by atoms with E-state index >= 15 is 0 Å². The summed E-state index contributed by atoms with van der Waals surface area (Å²) >= 11 is 0. The standard InChI is InChI=1S/C18H36O4P2/c1-5-9-23(10-6-2)21-15-13-19-18-16(14-20-17(15)18)22-24(11-7-3)12-8-4/h15-18H,5-14H2,1-4H3. The fraction of sp³-hybridized carbons (Fsp3) is 1.00. The van der Waals surface area contributed by atoms with Crippen LogP contribution < -0.4 is 0 Å². The summed E-state index contributed by atoms with van der Waals surface area (Å²) < 4.78 is 25.0. The average Bonchev–Trinajstić information content (AvgIpc) is 3.12. The highest BCUT2D eigenvalue weighted by molar-refractivity contribution is 7.52. The van der Waals surface area contributed by atoms with Gasteiger partial charge in [-0.1, -0.05) is 53.4 Å². The Bertz CT molecular complexity index is 301. The number of hydrogen-bond donors (Lipinski definition) is 0. The maximum absolute atomic E-state index is 6.42. The molecule has 24 heavy (non-hydrogen) atoms. The van der Waals surface area contributed by atoms with Gasteiger partial charge in [0.05, 0.1) is 13.2 Å². The molecule has 2 aliphatic heterocycles. The molecule has 2 aliphatic rings. The normalized spacial score (nSPS) is 29.8. The lowest BCUT2D eigenvalue weighted by Crippen LogP contribution is -2.33. The zero-order chi connectivity index (χ0) is 17.4. The van der Waals surface area contributed by atoms with Crippen molar-refractivity contribution in [2.75, 3.05) is 37.9 Å². The van der Waals surface area contributed by atoms with E-state index in [1.54, 1.807) is 0 Å². The zero-order valence-corrected chi connectivity index (χ0v) is 17.7. The summed E-state index contributed by atoms with van der Waals surface area (Å²) in [6.45, 7) is 10.3. The molecule has 0 aliphatic carbocycles. The van der Waals surface area contributed by atoms with Crippen LogP contribution in [-0.4, -0.2) is 62.3 Å². The number of fused-ring (bicyclic) bond motifs is 1. The van der Waals surface area contributed by atoms with Gasteiger partial charge in [0.25, 0.3) is 0 Å². The second-order valence-electron chi connectivity index (χ2n) is 6.74. The van der Waals surface area contributed by atoms with Crippen molar-refractivity contribution in [3.8, 4) is 0 Å². The summed E-state index contributed by atoms with van der Waals surface area (Å²) in [5.74, 6) is 0. The lowest BCUT2D eigenvalue weighted by molar-refractivity contribution is 0.0248. The molecule has 0 saturated carbocycles. The Morgan fingerprint density at radius 3 is 1.29 bits per heavy atom. The van der Waals surface area contributed by atoms with Gasteiger partial charge in [-0.3, -0.25) is 0 Å². The third kappa shape index (κ3) is 5.86. The van der Waals surface area contributed by atoms with Gasteiger partial charge in [0, 0.05) is 16.3 Å². The van der Waals surface area contributed by atoms with Crippen LogP contribution in [0.4, 0.5) is 0 Å². The molecule has 0 aromatic heterocycles. The second-order valence-corrected chi connectivity index (χ2v) is 10.9. The summed E-state index contributed by atoms with van der Waals surface area (Å²) in [5, 5.41) is 0. The van der Waals surface area contributed by atoms with E-state index in [1.165, 1.54) is 50.3 Å². The summed E-state index contributed by atoms with van der Waals surface area (Å²) in [5.41, 5.74) is 0. The molecule has 0 aromatic rings. The third-order valence-electron chi connectivity index (χ3n) is 4.42. The van der Waals surface area contributed by atoms with Crippen LogP contribution in [0, 0.1) is 0 Å². The molecule has 0 spiro atoms. The Labute approximate surface area is 151 Å². The van der Waals surface area contributed by atoms with Crippen LogP contribution in [-0.2, 0) is 18.5 Å². The molecule has 2 rings (SSSR count). The van der Waals surface area contributed by atoms with E-state index in [9.17, 15) is 0 Å². The van der Waals surface area contributed by atoms with Gasteiger partial charge in [0.2, 0.25) is 0 Å². The lowest BCUT2D eigenvalue weighted by Gasteiger charge is -2.24. The molecule has 2 heterocycles. The molecule has 0 N–H and O–H groups in total. The molecule has 4 unspecified atom stereocenters. The van der Waals surface area contributed by atoms with Crippen LogP contribution in [0.25, 0.3) is 0 Å². The summed E-state index contributed by atoms with van der Waals surface area (Å²) in [7, 11) is -0.669. The molecule has 4 nitrogen and oxygen atoms in total. The minimum Gasteiger partial charge on any atom is -0.370 e. The van der Waals surface area contributed by atoms with Crippen molar-refractivity contribution in [3.05, 3.63) is 0 Å². The van der Waals surface area contributed by atoms with E-state index in [2.05, 4.69) is 27.7 Å². The molecule has 6 heteroatoms. The van der Waals surface area contributed by atoms with Crippen molar-refractivity contribution in [1.82, 2.24) is 0 Å². The minimum absolute atomic E-state index is 0.0776. The van der Waals surface area contributed by atoms with Crippen molar-refractivity contribution in [1.29, 1.82) is 0 Å². The van der Waals surface area contributed by atoms with Crippen molar-refractivity contribution in [2.45, 2.75) is 77.8 Å². The van der Waals surface area contributed by atoms with Gasteiger partial charge in [0.1, 0.15) is 24.4 Å². The Morgan fingerprint density at radius 1 is 0.667 bits per heavy atom. The summed E-state index contributed by atoms with van der Waals surface area (Å²) in [4.78, 5) is 0. The van der Waals surface area contributed by atoms with Crippen LogP contribution >= 0.6 is 16.3 Å². The topological polar surface area (TPSA) is 36.9 Å². The zero-order valence-electron chi connectivity index (χ0n) is 15.9. The summed E-state index contributed by atoms with van der Waals surface area (Å²) in [6, 6.07) is 0. The van der Waals surface area contributed by atoms with Crippen LogP contribution in [0.1, 0.15) is 53.4 Å². The molecule has 142 valence electrons. The quantitative estimate of drug-likeness (QED) is 0.449. The van der Waals surface area contributed by atoms with Crippen LogP contribution in [0.2, 0.25) is 0 Å². The molecule has 0 radical (unpaired) electrons. The van der Waals surface area contributed by atoms with Crippen LogP contribution in [0.15, 0.2) is 0 Å². The van der Waals surface area contributed by atoms with E-state index < -0.39 is 0 Å². The van der Waals surface area contributed by atoms with Gasteiger partial charge >= 0.3 is 0 Å². The highest BCUT2D eigenvalue weighted by atomic mass is 31.1. The second kappa shape index (κ2) is 11.4. The fourth-order valence-electron chi connectivity index (χ4n) is 3.42. The molecule has 2 fully saturated rings. The molecule has 0 amide bonds. The Balaban J connectivity index is 1.86. The highest BCUT2D eigenvalue weighted by Crippen LogP contribution is 2.46. The van der Waals surface area contributed by atoms with Crippen molar-refractivity contribution < 1.29 is 18.5 Å². The first kappa shape index (κ1) is 21.0. The SMILES string of the molecule is CCCP(CCC)OC1COC2C(OP(CCC)CCC)COC12. The maximum atomic E-state index is 6.42. The van der Waals surface area contributed by atoms with Crippen LogP contribution in [0.3, 0.4) is 0 Å². The Kier molecular flexibility index (Phi) is 10.00. The van der Waals surface area contributed by atoms with Crippen molar-refractivity contribution in [2.24, 2.45) is 0 Å². The first-order valence-corrected chi connectivity index (χ1v) is 13.1. The lowest BCUT2D eigenvalue weighted by atomic mass is 10.1. The van der Waals surface area contributed by atoms with Gasteiger partial charge in [-0.25, -0.2) is 0 Å². The van der Waals surface area contributed by atoms with E-state index in [1.807, 2.05) is 0 Å². The molecular weight excluding hydrogens is 342 g/mol. The minimum atomic E-state index is -0.335. The van der Waals surface area contributed by atoms with Crippen molar-refractivity contribution >= 4 is 16.3 Å².